The zero-order valence-corrected chi connectivity index (χ0v) is 15.9. The molecule has 0 bridgehead atoms. The fraction of sp³-hybridized carbons (Fsp3) is 0.222. The first kappa shape index (κ1) is 16.4. The third-order valence-electron chi connectivity index (χ3n) is 4.62. The second-order valence-corrected chi connectivity index (χ2v) is 7.13. The number of fused-ring (bicyclic) bond motifs is 4. The number of hydrogen-bond acceptors (Lipinski definition) is 6. The summed E-state index contributed by atoms with van der Waals surface area (Å²) in [5, 5.41) is 8.61. The smallest absolute Gasteiger partial charge is 0.257 e. The van der Waals surface area contributed by atoms with Gasteiger partial charge in [0.2, 0.25) is 0 Å². The second-order valence-electron chi connectivity index (χ2n) is 6.28. The fourth-order valence-electron chi connectivity index (χ4n) is 3.46. The number of hydrogen-bond donors (Lipinski definition) is 0. The molecule has 1 aliphatic heterocycles. The summed E-state index contributed by atoms with van der Waals surface area (Å²) in [4.78, 5) is 10.6. The maximum absolute atomic E-state index is 14.9. The highest BCUT2D eigenvalue weighted by atomic mass is 79.9. The number of rotatable bonds is 1. The van der Waals surface area contributed by atoms with Crippen LogP contribution >= 0.6 is 15.9 Å². The Morgan fingerprint density at radius 1 is 1.22 bits per heavy atom. The number of aryl methyl sites for hydroxylation is 1. The number of para-hydroxylation sites is 1. The molecule has 0 aliphatic carbocycles. The predicted octanol–water partition coefficient (Wildman–Crippen LogP) is 3.80. The Morgan fingerprint density at radius 2 is 2.11 bits per heavy atom. The lowest BCUT2D eigenvalue weighted by Gasteiger charge is -2.24. The molecule has 0 atom stereocenters. The monoisotopic (exact) mass is 428 g/mol. The molecule has 0 fully saturated rings. The number of aromatic nitrogens is 5. The van der Waals surface area contributed by atoms with Crippen molar-refractivity contribution in [2.75, 3.05) is 18.1 Å². The first-order valence-electron chi connectivity index (χ1n) is 8.49. The number of pyridine rings is 1. The molecule has 1 aliphatic rings. The van der Waals surface area contributed by atoms with E-state index in [1.165, 1.54) is 6.20 Å². The normalized spacial score (nSPS) is 14.3. The number of halogens is 2. The van der Waals surface area contributed by atoms with Gasteiger partial charge in [0.1, 0.15) is 11.6 Å². The van der Waals surface area contributed by atoms with Crippen molar-refractivity contribution >= 4 is 44.1 Å². The van der Waals surface area contributed by atoms with Crippen LogP contribution in [0.2, 0.25) is 0 Å². The average molecular weight is 429 g/mol. The lowest BCUT2D eigenvalue weighted by atomic mass is 10.2. The Morgan fingerprint density at radius 3 is 3.00 bits per heavy atom. The van der Waals surface area contributed by atoms with Crippen LogP contribution in [0.3, 0.4) is 0 Å². The molecule has 5 rings (SSSR count). The average Bonchev–Trinajstić information content (AvgIpc) is 2.90. The largest absolute Gasteiger partial charge is 0.490 e. The van der Waals surface area contributed by atoms with Crippen LogP contribution in [0.15, 0.2) is 35.1 Å². The molecule has 0 saturated carbocycles. The quantitative estimate of drug-likeness (QED) is 0.459. The zero-order chi connectivity index (χ0) is 18.5. The van der Waals surface area contributed by atoms with Crippen molar-refractivity contribution in [1.29, 1.82) is 0 Å². The summed E-state index contributed by atoms with van der Waals surface area (Å²) < 4.78 is 23.4. The van der Waals surface area contributed by atoms with E-state index in [4.69, 9.17) is 4.74 Å². The van der Waals surface area contributed by atoms with Crippen LogP contribution in [0.1, 0.15) is 12.2 Å². The third kappa shape index (κ3) is 2.45. The molecule has 27 heavy (non-hydrogen) atoms. The van der Waals surface area contributed by atoms with E-state index >= 15 is 0 Å². The van der Waals surface area contributed by atoms with Crippen LogP contribution in [0.25, 0.3) is 16.7 Å². The van der Waals surface area contributed by atoms with Crippen molar-refractivity contribution in [3.8, 4) is 5.75 Å². The third-order valence-corrected chi connectivity index (χ3v) is 5.25. The number of nitrogens with zero attached hydrogens (tertiary/aromatic N) is 6. The van der Waals surface area contributed by atoms with E-state index in [2.05, 4.69) is 36.1 Å². The van der Waals surface area contributed by atoms with Crippen LogP contribution in [0, 0.1) is 12.7 Å². The molecular formula is C18H14BrFN6O. The number of anilines is 2. The Hall–Kier alpha value is -2.81. The maximum atomic E-state index is 14.9. The summed E-state index contributed by atoms with van der Waals surface area (Å²) in [5.74, 6) is 1.80. The second kappa shape index (κ2) is 6.12. The van der Waals surface area contributed by atoms with Crippen LogP contribution in [-0.2, 0) is 0 Å². The SMILES string of the molecule is Cc1nnc2nc(N3CCCOc4c(Br)cccc43)c3c(F)cncc3n12. The topological polar surface area (TPSA) is 68.4 Å². The molecule has 0 saturated heterocycles. The summed E-state index contributed by atoms with van der Waals surface area (Å²) in [7, 11) is 0. The van der Waals surface area contributed by atoms with Gasteiger partial charge in [0.05, 0.1) is 40.1 Å². The van der Waals surface area contributed by atoms with Crippen LogP contribution in [0.4, 0.5) is 15.9 Å². The van der Waals surface area contributed by atoms with E-state index < -0.39 is 5.82 Å². The van der Waals surface area contributed by atoms with Gasteiger partial charge in [-0.3, -0.25) is 9.38 Å². The molecule has 0 N–H and O–H groups in total. The van der Waals surface area contributed by atoms with Gasteiger partial charge >= 0.3 is 0 Å². The van der Waals surface area contributed by atoms with Crippen LogP contribution < -0.4 is 9.64 Å². The van der Waals surface area contributed by atoms with Crippen molar-refractivity contribution < 1.29 is 9.13 Å². The fourth-order valence-corrected chi connectivity index (χ4v) is 3.93. The summed E-state index contributed by atoms with van der Waals surface area (Å²) >= 11 is 3.54. The minimum atomic E-state index is -0.438. The van der Waals surface area contributed by atoms with Crippen molar-refractivity contribution in [3.63, 3.8) is 0 Å². The molecule has 0 unspecified atom stereocenters. The predicted molar refractivity (Wildman–Crippen MR) is 102 cm³/mol. The molecule has 0 spiro atoms. The van der Waals surface area contributed by atoms with E-state index in [0.29, 0.717) is 41.5 Å². The van der Waals surface area contributed by atoms with Gasteiger partial charge in [-0.25, -0.2) is 4.39 Å². The molecule has 0 amide bonds. The molecule has 4 heterocycles. The van der Waals surface area contributed by atoms with Crippen molar-refractivity contribution in [2.45, 2.75) is 13.3 Å². The van der Waals surface area contributed by atoms with Gasteiger partial charge in [-0.2, -0.15) is 4.98 Å². The molecule has 136 valence electrons. The van der Waals surface area contributed by atoms with Crippen LogP contribution in [0.5, 0.6) is 5.75 Å². The first-order chi connectivity index (χ1) is 13.1. The van der Waals surface area contributed by atoms with Crippen molar-refractivity contribution in [1.82, 2.24) is 24.6 Å². The van der Waals surface area contributed by atoms with Crippen molar-refractivity contribution in [2.24, 2.45) is 0 Å². The van der Waals surface area contributed by atoms with E-state index in [1.807, 2.05) is 23.1 Å². The first-order valence-corrected chi connectivity index (χ1v) is 9.28. The van der Waals surface area contributed by atoms with Gasteiger partial charge in [-0.05, 0) is 41.4 Å². The molecule has 0 radical (unpaired) electrons. The van der Waals surface area contributed by atoms with E-state index in [1.54, 1.807) is 17.5 Å². The molecule has 3 aromatic heterocycles. The Bertz CT molecular complexity index is 1190. The standard InChI is InChI=1S/C18H14BrFN6O/c1-10-23-24-18-22-17(15-12(20)8-21-9-14(15)26(10)18)25-6-3-7-27-16-11(19)4-2-5-13(16)25/h2,4-5,8-9H,3,6-7H2,1H3. The van der Waals surface area contributed by atoms with E-state index in [9.17, 15) is 4.39 Å². The Kier molecular flexibility index (Phi) is 3.71. The number of benzene rings is 1. The van der Waals surface area contributed by atoms with Gasteiger partial charge in [0, 0.05) is 6.54 Å². The molecule has 4 aromatic rings. The molecule has 1 aromatic carbocycles. The Labute approximate surface area is 161 Å². The summed E-state index contributed by atoms with van der Waals surface area (Å²) in [6, 6.07) is 5.78. The van der Waals surface area contributed by atoms with Crippen LogP contribution in [-0.4, -0.2) is 37.7 Å². The highest BCUT2D eigenvalue weighted by molar-refractivity contribution is 9.10. The van der Waals surface area contributed by atoms with Gasteiger partial charge in [-0.15, -0.1) is 10.2 Å². The lowest BCUT2D eigenvalue weighted by molar-refractivity contribution is 0.321. The summed E-state index contributed by atoms with van der Waals surface area (Å²) in [6.45, 7) is 3.01. The molecule has 9 heteroatoms. The molecule has 7 nitrogen and oxygen atoms in total. The zero-order valence-electron chi connectivity index (χ0n) is 14.4. The van der Waals surface area contributed by atoms with E-state index in [0.717, 1.165) is 22.3 Å². The van der Waals surface area contributed by atoms with Crippen molar-refractivity contribution in [3.05, 3.63) is 46.7 Å². The van der Waals surface area contributed by atoms with E-state index in [-0.39, 0.29) is 0 Å². The minimum Gasteiger partial charge on any atom is -0.490 e. The highest BCUT2D eigenvalue weighted by Crippen LogP contribution is 2.42. The lowest BCUT2D eigenvalue weighted by Crippen LogP contribution is -2.20. The number of ether oxygens (including phenoxy) is 1. The molecular weight excluding hydrogens is 415 g/mol. The van der Waals surface area contributed by atoms with Gasteiger partial charge in [-0.1, -0.05) is 6.07 Å². The highest BCUT2D eigenvalue weighted by Gasteiger charge is 2.25. The Balaban J connectivity index is 1.87. The summed E-state index contributed by atoms with van der Waals surface area (Å²) in [5.41, 5.74) is 1.41. The van der Waals surface area contributed by atoms with Gasteiger partial charge in [0.15, 0.2) is 11.6 Å². The minimum absolute atomic E-state index is 0.383. The van der Waals surface area contributed by atoms with Gasteiger partial charge in [0.25, 0.3) is 5.78 Å². The maximum Gasteiger partial charge on any atom is 0.257 e. The van der Waals surface area contributed by atoms with Gasteiger partial charge < -0.3 is 9.64 Å². The summed E-state index contributed by atoms with van der Waals surface area (Å²) in [6.07, 6.45) is 3.59.